The van der Waals surface area contributed by atoms with Gasteiger partial charge in [0.1, 0.15) is 6.04 Å². The Hall–Kier alpha value is -2.15. The number of rotatable bonds is 3. The maximum Gasteiger partial charge on any atom is 0.326 e. The van der Waals surface area contributed by atoms with Crippen molar-refractivity contribution in [2.75, 3.05) is 6.54 Å². The quantitative estimate of drug-likeness (QED) is 0.742. The number of aliphatic hydroxyl groups is 1. The van der Waals surface area contributed by atoms with E-state index in [1.807, 2.05) is 6.07 Å². The number of carbonyl (C=O) groups excluding carboxylic acids is 1. The van der Waals surface area contributed by atoms with Crippen molar-refractivity contribution >= 4 is 12.0 Å². The highest BCUT2D eigenvalue weighted by molar-refractivity contribution is 5.83. The molecule has 0 bridgehead atoms. The predicted octanol–water partition coefficient (Wildman–Crippen LogP) is 0.372. The van der Waals surface area contributed by atoms with E-state index < -0.39 is 24.1 Å². The van der Waals surface area contributed by atoms with Crippen LogP contribution in [-0.2, 0) is 4.79 Å². The lowest BCUT2D eigenvalue weighted by molar-refractivity contribution is -0.141. The molecule has 0 radical (unpaired) electrons. The lowest BCUT2D eigenvalue weighted by atomic mass is 10.1. The molecule has 0 aliphatic carbocycles. The van der Waals surface area contributed by atoms with E-state index in [0.717, 1.165) is 10.5 Å². The van der Waals surface area contributed by atoms with Crippen LogP contribution in [0.3, 0.4) is 0 Å². The summed E-state index contributed by atoms with van der Waals surface area (Å²) < 4.78 is 0. The molecule has 0 saturated carbocycles. The number of carboxylic acid groups (broad SMARTS) is 1. The van der Waals surface area contributed by atoms with Gasteiger partial charge in [-0.15, -0.1) is 0 Å². The van der Waals surface area contributed by atoms with Crippen molar-refractivity contribution in [2.45, 2.75) is 31.5 Å². The molecule has 3 N–H and O–H groups in total. The van der Waals surface area contributed by atoms with Crippen LogP contribution in [0.5, 0.6) is 0 Å². The number of amides is 2. The van der Waals surface area contributed by atoms with Crippen molar-refractivity contribution < 1.29 is 19.8 Å². The minimum atomic E-state index is -1.11. The second kappa shape index (κ2) is 5.87. The largest absolute Gasteiger partial charge is 0.480 e. The smallest absolute Gasteiger partial charge is 0.326 e. The molecule has 2 amide bonds. The number of carbonyl (C=O) groups is 2. The van der Waals surface area contributed by atoms with Crippen LogP contribution < -0.4 is 5.32 Å². The predicted molar refractivity (Wildman–Crippen MR) is 69.9 cm³/mol. The molecule has 1 aromatic rings. The molecule has 108 valence electrons. The molecule has 2 rings (SSSR count). The van der Waals surface area contributed by atoms with E-state index >= 15 is 0 Å². The van der Waals surface area contributed by atoms with Crippen molar-refractivity contribution in [1.82, 2.24) is 15.2 Å². The van der Waals surface area contributed by atoms with Crippen LogP contribution in [0.15, 0.2) is 24.5 Å². The maximum atomic E-state index is 12.1. The van der Waals surface area contributed by atoms with Gasteiger partial charge >= 0.3 is 12.0 Å². The van der Waals surface area contributed by atoms with Crippen molar-refractivity contribution in [1.29, 1.82) is 0 Å². The van der Waals surface area contributed by atoms with Crippen molar-refractivity contribution in [3.63, 3.8) is 0 Å². The van der Waals surface area contributed by atoms with Gasteiger partial charge in [0.2, 0.25) is 0 Å². The summed E-state index contributed by atoms with van der Waals surface area (Å²) >= 11 is 0. The zero-order valence-corrected chi connectivity index (χ0v) is 11.1. The Kier molecular flexibility index (Phi) is 4.19. The number of aliphatic hydroxyl groups excluding tert-OH is 1. The third kappa shape index (κ3) is 3.05. The van der Waals surface area contributed by atoms with Crippen LogP contribution in [-0.4, -0.2) is 50.8 Å². The van der Waals surface area contributed by atoms with Gasteiger partial charge in [0.25, 0.3) is 0 Å². The van der Waals surface area contributed by atoms with Crippen LogP contribution in [0.1, 0.15) is 24.9 Å². The second-order valence-electron chi connectivity index (χ2n) is 4.85. The fraction of sp³-hybridized carbons (Fsp3) is 0.462. The van der Waals surface area contributed by atoms with E-state index in [-0.39, 0.29) is 19.0 Å². The number of β-amino-alcohol motifs (C(OH)–C–C–N with tert-alkyl or cyclic N) is 1. The van der Waals surface area contributed by atoms with Crippen LogP contribution in [0.25, 0.3) is 0 Å². The topological polar surface area (TPSA) is 103 Å². The number of urea groups is 1. The number of pyridine rings is 1. The summed E-state index contributed by atoms with van der Waals surface area (Å²) in [6, 6.07) is 1.82. The van der Waals surface area contributed by atoms with E-state index in [4.69, 9.17) is 5.11 Å². The molecule has 0 spiro atoms. The fourth-order valence-corrected chi connectivity index (χ4v) is 2.26. The third-order valence-corrected chi connectivity index (χ3v) is 3.35. The summed E-state index contributed by atoms with van der Waals surface area (Å²) in [5.74, 6) is -1.11. The Balaban J connectivity index is 2.02. The first-order valence-corrected chi connectivity index (χ1v) is 6.37. The Morgan fingerprint density at radius 3 is 2.90 bits per heavy atom. The lowest BCUT2D eigenvalue weighted by Gasteiger charge is -2.24. The van der Waals surface area contributed by atoms with Crippen molar-refractivity contribution in [2.24, 2.45) is 0 Å². The zero-order valence-electron chi connectivity index (χ0n) is 11.1. The number of nitrogens with zero attached hydrogens (tertiary/aromatic N) is 2. The highest BCUT2D eigenvalue weighted by Gasteiger charge is 2.39. The number of hydrogen-bond acceptors (Lipinski definition) is 4. The monoisotopic (exact) mass is 279 g/mol. The minimum absolute atomic E-state index is 0.0303. The standard InChI is InChI=1S/C13H17N3O4/c1-8(9-3-2-4-14-6-9)15-13(20)16-7-10(17)5-11(16)12(18)19/h2-4,6,8,10-11,17H,5,7H2,1H3,(H,15,20)(H,18,19). The van der Waals surface area contributed by atoms with Crippen LogP contribution in [0, 0.1) is 0 Å². The minimum Gasteiger partial charge on any atom is -0.480 e. The Morgan fingerprint density at radius 2 is 2.30 bits per heavy atom. The molecule has 1 aliphatic heterocycles. The van der Waals surface area contributed by atoms with Crippen LogP contribution in [0.2, 0.25) is 0 Å². The van der Waals surface area contributed by atoms with E-state index in [0.29, 0.717) is 0 Å². The lowest BCUT2D eigenvalue weighted by Crippen LogP contribution is -2.46. The van der Waals surface area contributed by atoms with Gasteiger partial charge in [-0.1, -0.05) is 6.07 Å². The molecule has 7 heteroatoms. The average Bonchev–Trinajstić information content (AvgIpc) is 2.82. The molecule has 2 heterocycles. The van der Waals surface area contributed by atoms with Crippen LogP contribution >= 0.6 is 0 Å². The van der Waals surface area contributed by atoms with Gasteiger partial charge < -0.3 is 20.4 Å². The summed E-state index contributed by atoms with van der Waals surface area (Å²) in [5.41, 5.74) is 0.826. The van der Waals surface area contributed by atoms with Gasteiger partial charge in [0.15, 0.2) is 0 Å². The molecule has 7 nitrogen and oxygen atoms in total. The number of hydrogen-bond donors (Lipinski definition) is 3. The summed E-state index contributed by atoms with van der Waals surface area (Å²) in [5, 5.41) is 21.3. The highest BCUT2D eigenvalue weighted by atomic mass is 16.4. The second-order valence-corrected chi connectivity index (χ2v) is 4.85. The third-order valence-electron chi connectivity index (χ3n) is 3.35. The van der Waals surface area contributed by atoms with Gasteiger partial charge in [-0.05, 0) is 18.6 Å². The Bertz CT molecular complexity index is 494. The maximum absolute atomic E-state index is 12.1. The Labute approximate surface area is 116 Å². The first kappa shape index (κ1) is 14.3. The van der Waals surface area contributed by atoms with Crippen LogP contribution in [0.4, 0.5) is 4.79 Å². The summed E-state index contributed by atoms with van der Waals surface area (Å²) in [6.45, 7) is 1.82. The molecule has 3 atom stereocenters. The van der Waals surface area contributed by atoms with Gasteiger partial charge in [0, 0.05) is 25.4 Å². The van der Waals surface area contributed by atoms with E-state index in [1.54, 1.807) is 25.4 Å². The molecular formula is C13H17N3O4. The fourth-order valence-electron chi connectivity index (χ4n) is 2.26. The first-order chi connectivity index (χ1) is 9.49. The Morgan fingerprint density at radius 1 is 1.55 bits per heavy atom. The number of aliphatic carboxylic acids is 1. The summed E-state index contributed by atoms with van der Waals surface area (Å²) in [4.78, 5) is 28.3. The van der Waals surface area contributed by atoms with Crippen molar-refractivity contribution in [3.05, 3.63) is 30.1 Å². The van der Waals surface area contributed by atoms with Gasteiger partial charge in [0.05, 0.1) is 12.1 Å². The number of aromatic nitrogens is 1. The van der Waals surface area contributed by atoms with Crippen molar-refractivity contribution in [3.8, 4) is 0 Å². The van der Waals surface area contributed by atoms with Gasteiger partial charge in [-0.2, -0.15) is 0 Å². The average molecular weight is 279 g/mol. The zero-order chi connectivity index (χ0) is 14.7. The normalized spacial score (nSPS) is 23.4. The molecular weight excluding hydrogens is 262 g/mol. The number of likely N-dealkylation sites (tertiary alicyclic amines) is 1. The summed E-state index contributed by atoms with van der Waals surface area (Å²) in [7, 11) is 0. The summed E-state index contributed by atoms with van der Waals surface area (Å²) in [6.07, 6.45) is 2.54. The first-order valence-electron chi connectivity index (χ1n) is 6.37. The molecule has 20 heavy (non-hydrogen) atoms. The molecule has 1 saturated heterocycles. The SMILES string of the molecule is CC(NC(=O)N1CC(O)CC1C(=O)O)c1cccnc1. The number of carboxylic acids is 1. The van der Waals surface area contributed by atoms with Gasteiger partial charge in [-0.3, -0.25) is 4.98 Å². The van der Waals surface area contributed by atoms with E-state index in [2.05, 4.69) is 10.3 Å². The van der Waals surface area contributed by atoms with E-state index in [1.165, 1.54) is 0 Å². The molecule has 0 aromatic carbocycles. The molecule has 1 aromatic heterocycles. The molecule has 3 unspecified atom stereocenters. The molecule has 1 fully saturated rings. The number of nitrogens with one attached hydrogen (secondary N) is 1. The van der Waals surface area contributed by atoms with Gasteiger partial charge in [-0.25, -0.2) is 9.59 Å². The molecule has 1 aliphatic rings. The highest BCUT2D eigenvalue weighted by Crippen LogP contribution is 2.19. The van der Waals surface area contributed by atoms with E-state index in [9.17, 15) is 14.7 Å².